The molecule has 5 nitrogen and oxygen atoms in total. The molecule has 37 heavy (non-hydrogen) atoms. The van der Waals surface area contributed by atoms with Gasteiger partial charge in [0.25, 0.3) is 5.91 Å². The van der Waals surface area contributed by atoms with Crippen LogP contribution in [0.2, 0.25) is 0 Å². The number of hydrogen-bond acceptors (Lipinski definition) is 3. The number of amides is 2. The molecule has 2 amide bonds. The van der Waals surface area contributed by atoms with Crippen LogP contribution < -0.4 is 5.32 Å². The number of benzene rings is 3. The first kappa shape index (κ1) is 23.9. The van der Waals surface area contributed by atoms with E-state index in [1.54, 1.807) is 0 Å². The highest BCUT2D eigenvalue weighted by Crippen LogP contribution is 2.45. The molecular weight excluding hydrogens is 458 g/mol. The van der Waals surface area contributed by atoms with E-state index in [-0.39, 0.29) is 17.9 Å². The summed E-state index contributed by atoms with van der Waals surface area (Å²) >= 11 is 0. The lowest BCUT2D eigenvalue weighted by Crippen LogP contribution is -2.50. The molecule has 1 N–H and O–H groups in total. The third-order valence-corrected chi connectivity index (χ3v) is 8.48. The van der Waals surface area contributed by atoms with Crippen molar-refractivity contribution in [2.24, 2.45) is 5.92 Å². The Morgan fingerprint density at radius 2 is 1.68 bits per heavy atom. The molecule has 2 atom stereocenters. The number of rotatable bonds is 5. The van der Waals surface area contributed by atoms with Gasteiger partial charge >= 0.3 is 0 Å². The second kappa shape index (κ2) is 10.1. The summed E-state index contributed by atoms with van der Waals surface area (Å²) in [4.78, 5) is 31.7. The Labute approximate surface area is 219 Å². The molecule has 3 aromatic carbocycles. The second-order valence-corrected chi connectivity index (χ2v) is 10.9. The first-order chi connectivity index (χ1) is 18.1. The van der Waals surface area contributed by atoms with Crippen LogP contribution in [0.5, 0.6) is 0 Å². The lowest BCUT2D eigenvalue weighted by atomic mass is 9.75. The summed E-state index contributed by atoms with van der Waals surface area (Å²) in [6.07, 6.45) is 3.00. The first-order valence-electron chi connectivity index (χ1n) is 13.6. The van der Waals surface area contributed by atoms with Crippen LogP contribution in [0.4, 0.5) is 0 Å². The third-order valence-electron chi connectivity index (χ3n) is 8.48. The standard InChI is InChI=1S/C32H35N3O2/c1-22-7-6-8-24(19-22)21-34-16-13-23(14-17-34)20-33-31(36)29-27-11-4-5-12-28(27)32(37)35-18-15-25-9-2-3-10-26(25)30(29)35/h2-12,19,23,29-30H,13-18,20-21H2,1H3,(H,33,36)/t29-,30-/m0/s1. The molecule has 0 aliphatic carbocycles. The number of nitrogens with one attached hydrogen (secondary N) is 1. The molecule has 1 fully saturated rings. The summed E-state index contributed by atoms with van der Waals surface area (Å²) in [5, 5.41) is 3.32. The Bertz CT molecular complexity index is 1310. The predicted molar refractivity (Wildman–Crippen MR) is 145 cm³/mol. The van der Waals surface area contributed by atoms with Gasteiger partial charge in [-0.15, -0.1) is 0 Å². The molecule has 0 saturated carbocycles. The molecule has 3 aromatic rings. The van der Waals surface area contributed by atoms with Gasteiger partial charge in [-0.3, -0.25) is 14.5 Å². The van der Waals surface area contributed by atoms with E-state index in [1.807, 2.05) is 41.3 Å². The smallest absolute Gasteiger partial charge is 0.254 e. The van der Waals surface area contributed by atoms with Gasteiger partial charge in [0.15, 0.2) is 0 Å². The highest BCUT2D eigenvalue weighted by atomic mass is 16.2. The van der Waals surface area contributed by atoms with Gasteiger partial charge in [0, 0.05) is 25.2 Å². The van der Waals surface area contributed by atoms with E-state index >= 15 is 0 Å². The lowest BCUT2D eigenvalue weighted by Gasteiger charge is -2.45. The second-order valence-electron chi connectivity index (χ2n) is 10.9. The van der Waals surface area contributed by atoms with Crippen molar-refractivity contribution in [1.29, 1.82) is 0 Å². The molecule has 0 unspecified atom stereocenters. The van der Waals surface area contributed by atoms with Crippen molar-refractivity contribution in [3.8, 4) is 0 Å². The Morgan fingerprint density at radius 3 is 2.49 bits per heavy atom. The number of carbonyl (C=O) groups excluding carboxylic acids is 2. The van der Waals surface area contributed by atoms with E-state index in [1.165, 1.54) is 16.7 Å². The highest BCUT2D eigenvalue weighted by molar-refractivity contribution is 6.01. The van der Waals surface area contributed by atoms with Crippen LogP contribution in [0, 0.1) is 12.8 Å². The van der Waals surface area contributed by atoms with Crippen molar-refractivity contribution in [2.45, 2.75) is 44.7 Å². The summed E-state index contributed by atoms with van der Waals surface area (Å²) < 4.78 is 0. The van der Waals surface area contributed by atoms with Gasteiger partial charge in [-0.05, 0) is 73.5 Å². The van der Waals surface area contributed by atoms with E-state index in [0.717, 1.165) is 50.0 Å². The monoisotopic (exact) mass is 493 g/mol. The summed E-state index contributed by atoms with van der Waals surface area (Å²) in [6, 6.07) is 24.5. The van der Waals surface area contributed by atoms with Crippen molar-refractivity contribution in [1.82, 2.24) is 15.1 Å². The minimum Gasteiger partial charge on any atom is -0.355 e. The number of fused-ring (bicyclic) bond motifs is 4. The molecule has 0 aromatic heterocycles. The number of piperidine rings is 1. The summed E-state index contributed by atoms with van der Waals surface area (Å²) in [6.45, 7) is 6.59. The number of carbonyl (C=O) groups is 2. The summed E-state index contributed by atoms with van der Waals surface area (Å²) in [7, 11) is 0. The van der Waals surface area contributed by atoms with Crippen molar-refractivity contribution in [3.63, 3.8) is 0 Å². The van der Waals surface area contributed by atoms with Crippen molar-refractivity contribution in [3.05, 3.63) is 106 Å². The van der Waals surface area contributed by atoms with E-state index < -0.39 is 5.92 Å². The molecule has 3 aliphatic heterocycles. The van der Waals surface area contributed by atoms with Gasteiger partial charge in [0.05, 0.1) is 12.0 Å². The minimum atomic E-state index is -0.392. The van der Waals surface area contributed by atoms with Crippen LogP contribution in [0.3, 0.4) is 0 Å². The third kappa shape index (κ3) is 4.69. The zero-order chi connectivity index (χ0) is 25.4. The topological polar surface area (TPSA) is 52.7 Å². The maximum atomic E-state index is 13.9. The zero-order valence-corrected chi connectivity index (χ0v) is 21.5. The quantitative estimate of drug-likeness (QED) is 0.552. The number of nitrogens with zero attached hydrogens (tertiary/aromatic N) is 2. The number of aryl methyl sites for hydroxylation is 1. The average Bonchev–Trinajstić information content (AvgIpc) is 2.93. The average molecular weight is 494 g/mol. The van der Waals surface area contributed by atoms with Gasteiger partial charge in [0.1, 0.15) is 0 Å². The van der Waals surface area contributed by atoms with Crippen LogP contribution in [-0.4, -0.2) is 47.8 Å². The Kier molecular flexibility index (Phi) is 6.56. The molecule has 6 rings (SSSR count). The molecule has 3 heterocycles. The van der Waals surface area contributed by atoms with Gasteiger partial charge in [-0.25, -0.2) is 0 Å². The molecule has 190 valence electrons. The molecule has 5 heteroatoms. The van der Waals surface area contributed by atoms with Crippen LogP contribution in [0.15, 0.2) is 72.8 Å². The van der Waals surface area contributed by atoms with Gasteiger partial charge in [-0.2, -0.15) is 0 Å². The zero-order valence-electron chi connectivity index (χ0n) is 21.5. The van der Waals surface area contributed by atoms with E-state index in [2.05, 4.69) is 53.5 Å². The lowest BCUT2D eigenvalue weighted by molar-refractivity contribution is -0.124. The molecular formula is C32H35N3O2. The van der Waals surface area contributed by atoms with Gasteiger partial charge in [0.2, 0.25) is 5.91 Å². The van der Waals surface area contributed by atoms with Gasteiger partial charge in [-0.1, -0.05) is 72.3 Å². The fourth-order valence-electron chi connectivity index (χ4n) is 6.53. The molecule has 0 spiro atoms. The van der Waals surface area contributed by atoms with Crippen LogP contribution in [-0.2, 0) is 17.8 Å². The summed E-state index contributed by atoms with van der Waals surface area (Å²) in [5.74, 6) is 0.165. The van der Waals surface area contributed by atoms with Crippen molar-refractivity contribution < 1.29 is 9.59 Å². The highest BCUT2D eigenvalue weighted by Gasteiger charge is 2.46. The molecule has 0 radical (unpaired) electrons. The number of likely N-dealkylation sites (tertiary alicyclic amines) is 1. The Balaban J connectivity index is 1.15. The Hall–Kier alpha value is -3.44. The molecule has 1 saturated heterocycles. The molecule has 0 bridgehead atoms. The molecule has 3 aliphatic rings. The van der Waals surface area contributed by atoms with Gasteiger partial charge < -0.3 is 10.2 Å². The van der Waals surface area contributed by atoms with E-state index in [9.17, 15) is 9.59 Å². The van der Waals surface area contributed by atoms with E-state index in [0.29, 0.717) is 24.6 Å². The number of hydrogen-bond donors (Lipinski definition) is 1. The van der Waals surface area contributed by atoms with Crippen molar-refractivity contribution >= 4 is 11.8 Å². The fraction of sp³-hybridized carbons (Fsp3) is 0.375. The summed E-state index contributed by atoms with van der Waals surface area (Å²) in [5.41, 5.74) is 6.56. The largest absolute Gasteiger partial charge is 0.355 e. The predicted octanol–water partition coefficient (Wildman–Crippen LogP) is 4.86. The Morgan fingerprint density at radius 1 is 0.919 bits per heavy atom. The maximum Gasteiger partial charge on any atom is 0.254 e. The SMILES string of the molecule is Cc1cccc(CN2CCC(CNC(=O)[C@H]3c4ccccc4C(=O)N4CCc5ccccc5[C@@H]34)CC2)c1. The van der Waals surface area contributed by atoms with Crippen molar-refractivity contribution in [2.75, 3.05) is 26.2 Å². The minimum absolute atomic E-state index is 0.0360. The maximum absolute atomic E-state index is 13.9. The van der Waals surface area contributed by atoms with Crippen LogP contribution >= 0.6 is 0 Å². The normalized spacial score (nSPS) is 21.6. The van der Waals surface area contributed by atoms with Crippen LogP contribution in [0.25, 0.3) is 0 Å². The first-order valence-corrected chi connectivity index (χ1v) is 13.6. The van der Waals surface area contributed by atoms with Crippen LogP contribution in [0.1, 0.15) is 63.0 Å². The van der Waals surface area contributed by atoms with E-state index in [4.69, 9.17) is 0 Å². The fourth-order valence-corrected chi connectivity index (χ4v) is 6.53.